The van der Waals surface area contributed by atoms with E-state index in [1.54, 1.807) is 12.0 Å². The molecule has 0 heterocycles. The Morgan fingerprint density at radius 2 is 1.59 bits per heavy atom. The summed E-state index contributed by atoms with van der Waals surface area (Å²) < 4.78 is 11.2. The van der Waals surface area contributed by atoms with Gasteiger partial charge in [0, 0.05) is 5.69 Å². The molecule has 0 saturated carbocycles. The van der Waals surface area contributed by atoms with Gasteiger partial charge < -0.3 is 14.4 Å². The van der Waals surface area contributed by atoms with Crippen LogP contribution in [0.3, 0.4) is 0 Å². The number of hydrogen-bond donors (Lipinski definition) is 0. The minimum atomic E-state index is -0.0916. The van der Waals surface area contributed by atoms with E-state index in [1.165, 1.54) is 0 Å². The molecule has 1 amide bonds. The summed E-state index contributed by atoms with van der Waals surface area (Å²) in [5, 5.41) is 0. The molecule has 4 nitrogen and oxygen atoms in total. The zero-order valence-corrected chi connectivity index (χ0v) is 17.0. The Bertz CT molecular complexity index is 907. The van der Waals surface area contributed by atoms with Gasteiger partial charge in [-0.3, -0.25) is 4.79 Å². The van der Waals surface area contributed by atoms with Crippen molar-refractivity contribution in [3.8, 4) is 11.5 Å². The number of anilines is 1. The van der Waals surface area contributed by atoms with Crippen LogP contribution in [0.2, 0.25) is 0 Å². The second-order valence-electron chi connectivity index (χ2n) is 6.77. The molecule has 0 N–H and O–H groups in total. The molecular weight excluding hydrogens is 362 g/mol. The van der Waals surface area contributed by atoms with Gasteiger partial charge in [-0.1, -0.05) is 55.8 Å². The average molecular weight is 389 g/mol. The van der Waals surface area contributed by atoms with Crippen LogP contribution >= 0.6 is 0 Å². The highest BCUT2D eigenvalue weighted by Crippen LogP contribution is 2.27. The smallest absolute Gasteiger partial charge is 0.262 e. The first-order chi connectivity index (χ1) is 14.2. The zero-order valence-electron chi connectivity index (χ0n) is 17.0. The van der Waals surface area contributed by atoms with E-state index in [4.69, 9.17) is 9.47 Å². The van der Waals surface area contributed by atoms with Gasteiger partial charge in [0.05, 0.1) is 25.8 Å². The summed E-state index contributed by atoms with van der Waals surface area (Å²) in [4.78, 5) is 15.3. The van der Waals surface area contributed by atoms with Crippen molar-refractivity contribution >= 4 is 11.6 Å². The second-order valence-corrected chi connectivity index (χ2v) is 6.77. The predicted octanol–water partition coefficient (Wildman–Crippen LogP) is 5.72. The topological polar surface area (TPSA) is 38.8 Å². The molecule has 0 aliphatic carbocycles. The molecule has 0 bridgehead atoms. The number of unbranched alkanes of at least 4 members (excludes halogenated alkanes) is 1. The Kier molecular flexibility index (Phi) is 7.28. The van der Waals surface area contributed by atoms with E-state index in [1.807, 2.05) is 78.9 Å². The number of amides is 1. The zero-order chi connectivity index (χ0) is 20.5. The number of para-hydroxylation sites is 1. The molecule has 0 spiro atoms. The largest absolute Gasteiger partial charge is 0.497 e. The van der Waals surface area contributed by atoms with Gasteiger partial charge in [-0.05, 0) is 48.4 Å². The summed E-state index contributed by atoms with van der Waals surface area (Å²) in [7, 11) is 1.63. The number of ether oxygens (including phenoxy) is 2. The summed E-state index contributed by atoms with van der Waals surface area (Å²) in [5.41, 5.74) is 2.43. The quantitative estimate of drug-likeness (QED) is 0.439. The van der Waals surface area contributed by atoms with Crippen molar-refractivity contribution in [3.63, 3.8) is 0 Å². The van der Waals surface area contributed by atoms with E-state index in [0.717, 1.165) is 29.8 Å². The maximum Gasteiger partial charge on any atom is 0.262 e. The number of hydrogen-bond acceptors (Lipinski definition) is 3. The Morgan fingerprint density at radius 1 is 0.897 bits per heavy atom. The third kappa shape index (κ3) is 5.38. The van der Waals surface area contributed by atoms with Crippen LogP contribution in [0.1, 0.15) is 35.7 Å². The maximum absolute atomic E-state index is 13.6. The number of benzene rings is 3. The fourth-order valence-electron chi connectivity index (χ4n) is 3.05. The molecule has 3 rings (SSSR count). The predicted molar refractivity (Wildman–Crippen MR) is 117 cm³/mol. The lowest BCUT2D eigenvalue weighted by Gasteiger charge is -2.24. The highest BCUT2D eigenvalue weighted by molar-refractivity contribution is 6.07. The van der Waals surface area contributed by atoms with Crippen LogP contribution in [0.25, 0.3) is 0 Å². The third-order valence-electron chi connectivity index (χ3n) is 4.69. The Morgan fingerprint density at radius 3 is 2.28 bits per heavy atom. The highest BCUT2D eigenvalue weighted by Gasteiger charge is 2.21. The van der Waals surface area contributed by atoms with Gasteiger partial charge >= 0.3 is 0 Å². The molecule has 0 fully saturated rings. The van der Waals surface area contributed by atoms with E-state index >= 15 is 0 Å². The Labute approximate surface area is 172 Å². The Hall–Kier alpha value is -3.27. The number of rotatable bonds is 9. The first kappa shape index (κ1) is 20.5. The number of carbonyl (C=O) groups excluding carboxylic acids is 1. The standard InChI is InChI=1S/C25H27NO3/c1-3-4-18-29-24-13-9-8-12-23(24)25(27)26(19-20-10-6-5-7-11-20)21-14-16-22(28-2)17-15-21/h5-17H,3-4,18-19H2,1-2H3. The fraction of sp³-hybridized carbons (Fsp3) is 0.240. The number of carbonyl (C=O) groups is 1. The van der Waals surface area contributed by atoms with Crippen LogP contribution in [-0.4, -0.2) is 19.6 Å². The normalized spacial score (nSPS) is 10.4. The van der Waals surface area contributed by atoms with E-state index < -0.39 is 0 Å². The minimum Gasteiger partial charge on any atom is -0.497 e. The van der Waals surface area contributed by atoms with Gasteiger partial charge in [-0.15, -0.1) is 0 Å². The molecule has 3 aromatic carbocycles. The second kappa shape index (κ2) is 10.3. The molecule has 0 atom stereocenters. The summed E-state index contributed by atoms with van der Waals surface area (Å²) >= 11 is 0. The maximum atomic E-state index is 13.6. The van der Waals surface area contributed by atoms with Crippen molar-refractivity contribution in [1.82, 2.24) is 0 Å². The summed E-state index contributed by atoms with van der Waals surface area (Å²) in [5.74, 6) is 1.29. The molecule has 150 valence electrons. The average Bonchev–Trinajstić information content (AvgIpc) is 2.78. The van der Waals surface area contributed by atoms with Crippen molar-refractivity contribution in [3.05, 3.63) is 90.0 Å². The van der Waals surface area contributed by atoms with Crippen LogP contribution in [0.5, 0.6) is 11.5 Å². The van der Waals surface area contributed by atoms with Crippen LogP contribution < -0.4 is 14.4 Å². The van der Waals surface area contributed by atoms with Crippen molar-refractivity contribution in [2.45, 2.75) is 26.3 Å². The van der Waals surface area contributed by atoms with Crippen molar-refractivity contribution in [2.24, 2.45) is 0 Å². The number of nitrogens with zero attached hydrogens (tertiary/aromatic N) is 1. The monoisotopic (exact) mass is 389 g/mol. The van der Waals surface area contributed by atoms with Gasteiger partial charge in [-0.25, -0.2) is 0 Å². The van der Waals surface area contributed by atoms with Crippen LogP contribution in [0, 0.1) is 0 Å². The summed E-state index contributed by atoms with van der Waals surface area (Å²) in [6.07, 6.45) is 2.00. The highest BCUT2D eigenvalue weighted by atomic mass is 16.5. The van der Waals surface area contributed by atoms with Crippen LogP contribution in [-0.2, 0) is 6.54 Å². The van der Waals surface area contributed by atoms with E-state index in [-0.39, 0.29) is 5.91 Å². The third-order valence-corrected chi connectivity index (χ3v) is 4.69. The van der Waals surface area contributed by atoms with Gasteiger partial charge in [0.1, 0.15) is 11.5 Å². The fourth-order valence-corrected chi connectivity index (χ4v) is 3.05. The van der Waals surface area contributed by atoms with Gasteiger partial charge in [0.2, 0.25) is 0 Å². The first-order valence-electron chi connectivity index (χ1n) is 9.94. The molecular formula is C25H27NO3. The van der Waals surface area contributed by atoms with Crippen LogP contribution in [0.15, 0.2) is 78.9 Å². The summed E-state index contributed by atoms with van der Waals surface area (Å²) in [6, 6.07) is 25.0. The van der Waals surface area contributed by atoms with E-state index in [0.29, 0.717) is 24.5 Å². The molecule has 4 heteroatoms. The van der Waals surface area contributed by atoms with Crippen molar-refractivity contribution in [2.75, 3.05) is 18.6 Å². The van der Waals surface area contributed by atoms with E-state index in [2.05, 4.69) is 6.92 Å². The molecule has 0 aromatic heterocycles. The van der Waals surface area contributed by atoms with Gasteiger partial charge in [0.25, 0.3) is 5.91 Å². The molecule has 0 aliphatic heterocycles. The molecule has 0 saturated heterocycles. The van der Waals surface area contributed by atoms with E-state index in [9.17, 15) is 4.79 Å². The van der Waals surface area contributed by atoms with Gasteiger partial charge in [0.15, 0.2) is 0 Å². The Balaban J connectivity index is 1.93. The minimum absolute atomic E-state index is 0.0916. The number of methoxy groups -OCH3 is 1. The SMILES string of the molecule is CCCCOc1ccccc1C(=O)N(Cc1ccccc1)c1ccc(OC)cc1. The van der Waals surface area contributed by atoms with Crippen molar-refractivity contribution in [1.29, 1.82) is 0 Å². The molecule has 3 aromatic rings. The molecule has 0 unspecified atom stereocenters. The van der Waals surface area contributed by atoms with Crippen molar-refractivity contribution < 1.29 is 14.3 Å². The van der Waals surface area contributed by atoms with Crippen LogP contribution in [0.4, 0.5) is 5.69 Å². The lowest BCUT2D eigenvalue weighted by Crippen LogP contribution is -2.30. The van der Waals surface area contributed by atoms with Gasteiger partial charge in [-0.2, -0.15) is 0 Å². The first-order valence-corrected chi connectivity index (χ1v) is 9.94. The molecule has 29 heavy (non-hydrogen) atoms. The molecule has 0 radical (unpaired) electrons. The lowest BCUT2D eigenvalue weighted by atomic mass is 10.1. The molecule has 0 aliphatic rings. The summed E-state index contributed by atoms with van der Waals surface area (Å²) in [6.45, 7) is 3.18. The lowest BCUT2D eigenvalue weighted by molar-refractivity contribution is 0.0981.